The highest BCUT2D eigenvalue weighted by Gasteiger charge is 2.26. The van der Waals surface area contributed by atoms with Crippen molar-refractivity contribution in [3.63, 3.8) is 0 Å². The van der Waals surface area contributed by atoms with Gasteiger partial charge in [-0.3, -0.25) is 25.0 Å². The molecule has 0 aliphatic carbocycles. The molecule has 3 aromatic rings. The average Bonchev–Trinajstić information content (AvgIpc) is 2.61. The van der Waals surface area contributed by atoms with Crippen molar-refractivity contribution in [1.82, 2.24) is 0 Å². The molecule has 9 heteroatoms. The summed E-state index contributed by atoms with van der Waals surface area (Å²) >= 11 is 5.93. The van der Waals surface area contributed by atoms with E-state index in [0.29, 0.717) is 5.69 Å². The molecule has 0 spiro atoms. The number of rotatable bonds is 4. The SMILES string of the molecule is O=C(Nc1cccc2ccccc12)c1cc([N+](=O)[O-])cc([N+](=O)[O-])c1Cl. The average molecular weight is 372 g/mol. The Morgan fingerprint density at radius 3 is 2.35 bits per heavy atom. The molecule has 130 valence electrons. The third-order valence-corrected chi connectivity index (χ3v) is 4.13. The lowest BCUT2D eigenvalue weighted by atomic mass is 10.1. The van der Waals surface area contributed by atoms with Crippen LogP contribution in [0.4, 0.5) is 17.1 Å². The van der Waals surface area contributed by atoms with Crippen LogP contribution in [0.25, 0.3) is 10.8 Å². The molecule has 0 radical (unpaired) electrons. The smallest absolute Gasteiger partial charge is 0.295 e. The van der Waals surface area contributed by atoms with Crippen molar-refractivity contribution >= 4 is 45.3 Å². The van der Waals surface area contributed by atoms with E-state index in [1.165, 1.54) is 0 Å². The molecule has 0 aliphatic rings. The third kappa shape index (κ3) is 3.17. The number of nitrogens with zero attached hydrogens (tertiary/aromatic N) is 2. The molecule has 0 saturated heterocycles. The Morgan fingerprint density at radius 1 is 0.962 bits per heavy atom. The van der Waals surface area contributed by atoms with Gasteiger partial charge in [0.15, 0.2) is 0 Å². The molecule has 3 aromatic carbocycles. The number of carbonyl (C=O) groups excluding carboxylic acids is 1. The Balaban J connectivity index is 2.07. The van der Waals surface area contributed by atoms with Gasteiger partial charge in [0.25, 0.3) is 17.3 Å². The van der Waals surface area contributed by atoms with Crippen LogP contribution in [0.3, 0.4) is 0 Å². The van der Waals surface area contributed by atoms with E-state index in [0.717, 1.165) is 22.9 Å². The summed E-state index contributed by atoms with van der Waals surface area (Å²) < 4.78 is 0. The van der Waals surface area contributed by atoms with Gasteiger partial charge < -0.3 is 5.32 Å². The normalized spacial score (nSPS) is 10.5. The fourth-order valence-electron chi connectivity index (χ4n) is 2.52. The number of hydrogen-bond acceptors (Lipinski definition) is 5. The second kappa shape index (κ2) is 6.77. The van der Waals surface area contributed by atoms with Crippen molar-refractivity contribution in [1.29, 1.82) is 0 Å². The van der Waals surface area contributed by atoms with E-state index in [9.17, 15) is 25.0 Å². The van der Waals surface area contributed by atoms with Gasteiger partial charge in [-0.25, -0.2) is 0 Å². The first-order chi connectivity index (χ1) is 12.4. The molecule has 1 N–H and O–H groups in total. The number of nitrogens with one attached hydrogen (secondary N) is 1. The number of halogens is 1. The highest BCUT2D eigenvalue weighted by atomic mass is 35.5. The molecule has 0 unspecified atom stereocenters. The summed E-state index contributed by atoms with van der Waals surface area (Å²) in [5.41, 5.74) is -1.19. The van der Waals surface area contributed by atoms with Crippen LogP contribution >= 0.6 is 11.6 Å². The first-order valence-corrected chi connectivity index (χ1v) is 7.67. The van der Waals surface area contributed by atoms with Gasteiger partial charge in [-0.2, -0.15) is 0 Å². The van der Waals surface area contributed by atoms with Crippen LogP contribution in [0.5, 0.6) is 0 Å². The summed E-state index contributed by atoms with van der Waals surface area (Å²) in [6.07, 6.45) is 0. The number of hydrogen-bond donors (Lipinski definition) is 1. The second-order valence-corrected chi connectivity index (χ2v) is 5.70. The van der Waals surface area contributed by atoms with E-state index in [-0.39, 0.29) is 5.56 Å². The lowest BCUT2D eigenvalue weighted by Crippen LogP contribution is -2.14. The summed E-state index contributed by atoms with van der Waals surface area (Å²) in [6, 6.07) is 14.2. The maximum atomic E-state index is 12.6. The molecule has 1 amide bonds. The van der Waals surface area contributed by atoms with E-state index < -0.39 is 32.2 Å². The summed E-state index contributed by atoms with van der Waals surface area (Å²) in [5.74, 6) is -0.779. The molecule has 0 bridgehead atoms. The second-order valence-electron chi connectivity index (χ2n) is 5.32. The molecular weight excluding hydrogens is 362 g/mol. The van der Waals surface area contributed by atoms with E-state index in [1.807, 2.05) is 18.2 Å². The van der Waals surface area contributed by atoms with Crippen LogP contribution < -0.4 is 5.32 Å². The van der Waals surface area contributed by atoms with E-state index in [2.05, 4.69) is 5.32 Å². The molecular formula is C17H10ClN3O5. The molecule has 8 nitrogen and oxygen atoms in total. The molecule has 0 fully saturated rings. The largest absolute Gasteiger partial charge is 0.321 e. The lowest BCUT2D eigenvalue weighted by Gasteiger charge is -2.10. The topological polar surface area (TPSA) is 115 Å². The molecule has 0 saturated carbocycles. The molecule has 0 aliphatic heterocycles. The predicted octanol–water partition coefficient (Wildman–Crippen LogP) is 4.56. The Bertz CT molecular complexity index is 1060. The zero-order chi connectivity index (χ0) is 18.8. The number of non-ortho nitro benzene ring substituents is 1. The number of nitro groups is 2. The van der Waals surface area contributed by atoms with Gasteiger partial charge >= 0.3 is 0 Å². The van der Waals surface area contributed by atoms with Gasteiger partial charge in [0.2, 0.25) is 0 Å². The minimum absolute atomic E-state index is 0.347. The highest BCUT2D eigenvalue weighted by molar-refractivity contribution is 6.36. The Labute approximate surface area is 151 Å². The number of amides is 1. The highest BCUT2D eigenvalue weighted by Crippen LogP contribution is 2.33. The van der Waals surface area contributed by atoms with E-state index >= 15 is 0 Å². The van der Waals surface area contributed by atoms with Crippen molar-refractivity contribution in [2.75, 3.05) is 5.32 Å². The quantitative estimate of drug-likeness (QED) is 0.533. The van der Waals surface area contributed by atoms with Gasteiger partial charge in [0, 0.05) is 17.1 Å². The van der Waals surface area contributed by atoms with Gasteiger partial charge in [0.05, 0.1) is 21.5 Å². The summed E-state index contributed by atoms with van der Waals surface area (Å²) in [5, 5.41) is 25.8. The maximum Gasteiger partial charge on any atom is 0.295 e. The Hall–Kier alpha value is -3.52. The number of fused-ring (bicyclic) bond motifs is 1. The summed E-state index contributed by atoms with van der Waals surface area (Å²) in [7, 11) is 0. The number of anilines is 1. The number of nitro benzene ring substituents is 2. The first kappa shape index (κ1) is 17.3. The zero-order valence-electron chi connectivity index (χ0n) is 13.0. The number of carbonyl (C=O) groups is 1. The summed E-state index contributed by atoms with van der Waals surface area (Å²) in [4.78, 5) is 33.0. The van der Waals surface area contributed by atoms with Crippen molar-refractivity contribution in [2.24, 2.45) is 0 Å². The van der Waals surface area contributed by atoms with Crippen LogP contribution in [-0.2, 0) is 0 Å². The molecule has 0 heterocycles. The van der Waals surface area contributed by atoms with Crippen LogP contribution in [-0.4, -0.2) is 15.8 Å². The predicted molar refractivity (Wildman–Crippen MR) is 96.7 cm³/mol. The third-order valence-electron chi connectivity index (χ3n) is 3.73. The van der Waals surface area contributed by atoms with E-state index in [1.54, 1.807) is 24.3 Å². The fraction of sp³-hybridized carbons (Fsp3) is 0. The Kier molecular flexibility index (Phi) is 4.51. The van der Waals surface area contributed by atoms with Crippen LogP contribution in [0.15, 0.2) is 54.6 Å². The fourth-order valence-corrected chi connectivity index (χ4v) is 2.79. The minimum Gasteiger partial charge on any atom is -0.321 e. The zero-order valence-corrected chi connectivity index (χ0v) is 13.8. The Morgan fingerprint density at radius 2 is 1.65 bits per heavy atom. The van der Waals surface area contributed by atoms with Crippen molar-refractivity contribution in [3.05, 3.63) is 85.4 Å². The van der Waals surface area contributed by atoms with Gasteiger partial charge in [-0.15, -0.1) is 0 Å². The van der Waals surface area contributed by atoms with Gasteiger partial charge in [-0.05, 0) is 11.5 Å². The summed E-state index contributed by atoms with van der Waals surface area (Å²) in [6.45, 7) is 0. The lowest BCUT2D eigenvalue weighted by molar-refractivity contribution is -0.394. The monoisotopic (exact) mass is 371 g/mol. The molecule has 26 heavy (non-hydrogen) atoms. The van der Waals surface area contributed by atoms with Gasteiger partial charge in [0.1, 0.15) is 5.02 Å². The van der Waals surface area contributed by atoms with Crippen molar-refractivity contribution in [2.45, 2.75) is 0 Å². The first-order valence-electron chi connectivity index (χ1n) is 7.30. The van der Waals surface area contributed by atoms with Gasteiger partial charge in [-0.1, -0.05) is 48.0 Å². The van der Waals surface area contributed by atoms with Crippen molar-refractivity contribution < 1.29 is 14.6 Å². The van der Waals surface area contributed by atoms with Crippen molar-refractivity contribution in [3.8, 4) is 0 Å². The minimum atomic E-state index is -0.871. The molecule has 3 rings (SSSR count). The molecule has 0 atom stereocenters. The van der Waals surface area contributed by atoms with Crippen LogP contribution in [0, 0.1) is 20.2 Å². The van der Waals surface area contributed by atoms with Crippen LogP contribution in [0.1, 0.15) is 10.4 Å². The maximum absolute atomic E-state index is 12.6. The van der Waals surface area contributed by atoms with Crippen LogP contribution in [0.2, 0.25) is 5.02 Å². The molecule has 0 aromatic heterocycles. The standard InChI is InChI=1S/C17H10ClN3O5/c18-16-13(8-11(20(23)24)9-15(16)21(25)26)17(22)19-14-7-3-5-10-4-1-2-6-12(10)14/h1-9H,(H,19,22). The number of benzene rings is 3. The van der Waals surface area contributed by atoms with E-state index in [4.69, 9.17) is 11.6 Å².